The van der Waals surface area contributed by atoms with Crippen LogP contribution in [-0.2, 0) is 11.4 Å². The molecule has 0 bridgehead atoms. The van der Waals surface area contributed by atoms with Gasteiger partial charge in [0.05, 0.1) is 16.1 Å². The van der Waals surface area contributed by atoms with Gasteiger partial charge in [-0.1, -0.05) is 30.3 Å². The molecule has 0 aliphatic carbocycles. The predicted molar refractivity (Wildman–Crippen MR) is 118 cm³/mol. The number of benzene rings is 3. The lowest BCUT2D eigenvalue weighted by molar-refractivity contribution is -0.119. The molecule has 1 heterocycles. The highest BCUT2D eigenvalue weighted by Crippen LogP contribution is 2.24. The van der Waals surface area contributed by atoms with Crippen LogP contribution in [0.2, 0.25) is 0 Å². The molecule has 5 nitrogen and oxygen atoms in total. The van der Waals surface area contributed by atoms with E-state index in [9.17, 15) is 9.59 Å². The number of nitrogens with zero attached hydrogens (tertiary/aromatic N) is 1. The van der Waals surface area contributed by atoms with Crippen molar-refractivity contribution in [2.24, 2.45) is 5.73 Å². The molecule has 0 saturated carbocycles. The first-order valence-corrected chi connectivity index (χ1v) is 10.3. The number of ketones is 1. The van der Waals surface area contributed by atoms with Crippen molar-refractivity contribution in [3.63, 3.8) is 0 Å². The molecule has 2 N–H and O–H groups in total. The van der Waals surface area contributed by atoms with Crippen molar-refractivity contribution in [2.45, 2.75) is 19.4 Å². The Morgan fingerprint density at radius 3 is 2.50 bits per heavy atom. The van der Waals surface area contributed by atoms with E-state index in [1.807, 2.05) is 24.3 Å². The second-order valence-corrected chi connectivity index (χ2v) is 8.08. The van der Waals surface area contributed by atoms with E-state index in [2.05, 4.69) is 4.98 Å². The minimum atomic E-state index is -0.448. The highest BCUT2D eigenvalue weighted by molar-refractivity contribution is 7.18. The molecule has 1 aromatic heterocycles. The summed E-state index contributed by atoms with van der Waals surface area (Å²) in [6.07, 6.45) is 0. The van der Waals surface area contributed by atoms with Crippen molar-refractivity contribution in [1.82, 2.24) is 4.98 Å². The average molecular weight is 417 g/mol. The number of hydrogen-bond donors (Lipinski definition) is 1. The molecule has 0 fully saturated rings. The molecule has 1 unspecified atom stereocenters. The summed E-state index contributed by atoms with van der Waals surface area (Å²) in [7, 11) is 0. The molecule has 0 aliphatic heterocycles. The van der Waals surface area contributed by atoms with E-state index >= 15 is 0 Å². The molecule has 1 atom stereocenters. The fourth-order valence-electron chi connectivity index (χ4n) is 3.11. The Labute approximate surface area is 178 Å². The van der Waals surface area contributed by atoms with Gasteiger partial charge < -0.3 is 10.5 Å². The van der Waals surface area contributed by atoms with Crippen LogP contribution in [0.5, 0.6) is 5.75 Å². The minimum Gasteiger partial charge on any atom is -0.486 e. The van der Waals surface area contributed by atoms with Gasteiger partial charge in [0.2, 0.25) is 5.91 Å². The highest BCUT2D eigenvalue weighted by atomic mass is 32.1. The summed E-state index contributed by atoms with van der Waals surface area (Å²) in [5, 5.41) is 0.900. The standard InChI is InChI=1S/C24H20N2O3S/c1-15(24(25)28)17-5-4-6-18(13-17)23(27)16-9-11-19(12-10-16)29-14-22-26-20-7-2-3-8-21(20)30-22/h2-13,15H,14H2,1H3,(H2,25,28). The quantitative estimate of drug-likeness (QED) is 0.443. The molecule has 0 spiro atoms. The van der Waals surface area contributed by atoms with Crippen LogP contribution < -0.4 is 10.5 Å². The van der Waals surface area contributed by atoms with E-state index in [0.29, 0.717) is 23.5 Å². The lowest BCUT2D eigenvalue weighted by Crippen LogP contribution is -2.19. The van der Waals surface area contributed by atoms with Crippen LogP contribution in [0, 0.1) is 0 Å². The van der Waals surface area contributed by atoms with Crippen molar-refractivity contribution < 1.29 is 14.3 Å². The maximum absolute atomic E-state index is 12.8. The lowest BCUT2D eigenvalue weighted by Gasteiger charge is -2.10. The molecule has 150 valence electrons. The first-order chi connectivity index (χ1) is 14.5. The number of carbonyl (C=O) groups is 2. The highest BCUT2D eigenvalue weighted by Gasteiger charge is 2.15. The normalized spacial score (nSPS) is 11.9. The largest absolute Gasteiger partial charge is 0.486 e. The Morgan fingerprint density at radius 1 is 1.00 bits per heavy atom. The molecule has 6 heteroatoms. The molecule has 1 amide bonds. The number of amides is 1. The third kappa shape index (κ3) is 4.23. The second-order valence-electron chi connectivity index (χ2n) is 6.97. The Morgan fingerprint density at radius 2 is 1.77 bits per heavy atom. The van der Waals surface area contributed by atoms with Gasteiger partial charge in [0.15, 0.2) is 5.78 Å². The maximum Gasteiger partial charge on any atom is 0.224 e. The molecule has 4 aromatic rings. The molecule has 0 radical (unpaired) electrons. The van der Waals surface area contributed by atoms with Crippen LogP contribution in [0.15, 0.2) is 72.8 Å². The van der Waals surface area contributed by atoms with Gasteiger partial charge in [-0.15, -0.1) is 11.3 Å². The van der Waals surface area contributed by atoms with Crippen molar-refractivity contribution in [2.75, 3.05) is 0 Å². The SMILES string of the molecule is CC(C(N)=O)c1cccc(C(=O)c2ccc(OCc3nc4ccccc4s3)cc2)c1. The van der Waals surface area contributed by atoms with Crippen molar-refractivity contribution in [3.8, 4) is 5.75 Å². The third-order valence-electron chi connectivity index (χ3n) is 4.89. The van der Waals surface area contributed by atoms with Crippen molar-refractivity contribution in [1.29, 1.82) is 0 Å². The van der Waals surface area contributed by atoms with Crippen LogP contribution in [0.4, 0.5) is 0 Å². The molecule has 3 aromatic carbocycles. The van der Waals surface area contributed by atoms with Gasteiger partial charge >= 0.3 is 0 Å². The smallest absolute Gasteiger partial charge is 0.224 e. The number of fused-ring (bicyclic) bond motifs is 1. The zero-order valence-corrected chi connectivity index (χ0v) is 17.2. The summed E-state index contributed by atoms with van der Waals surface area (Å²) in [4.78, 5) is 28.8. The average Bonchev–Trinajstić information content (AvgIpc) is 3.20. The van der Waals surface area contributed by atoms with Gasteiger partial charge in [0, 0.05) is 11.1 Å². The Kier molecular flexibility index (Phi) is 5.59. The van der Waals surface area contributed by atoms with E-state index in [1.54, 1.807) is 66.8 Å². The monoisotopic (exact) mass is 416 g/mol. The van der Waals surface area contributed by atoms with Crippen LogP contribution in [0.25, 0.3) is 10.2 Å². The predicted octanol–water partition coefficient (Wildman–Crippen LogP) is 4.70. The molecule has 4 rings (SSSR count). The first kappa shape index (κ1) is 19.8. The fraction of sp³-hybridized carbons (Fsp3) is 0.125. The van der Waals surface area contributed by atoms with Gasteiger partial charge in [0.1, 0.15) is 17.4 Å². The Hall–Kier alpha value is -3.51. The van der Waals surface area contributed by atoms with E-state index in [0.717, 1.165) is 20.8 Å². The lowest BCUT2D eigenvalue weighted by atomic mass is 9.95. The summed E-state index contributed by atoms with van der Waals surface area (Å²) < 4.78 is 6.95. The van der Waals surface area contributed by atoms with Gasteiger partial charge in [-0.2, -0.15) is 0 Å². The summed E-state index contributed by atoms with van der Waals surface area (Å²) in [6.45, 7) is 2.10. The summed E-state index contributed by atoms with van der Waals surface area (Å²) in [6, 6.07) is 22.0. The van der Waals surface area contributed by atoms with Gasteiger partial charge in [-0.3, -0.25) is 9.59 Å². The number of nitrogens with two attached hydrogens (primary N) is 1. The number of ether oxygens (including phenoxy) is 1. The number of para-hydroxylation sites is 1. The topological polar surface area (TPSA) is 82.3 Å². The molecule has 0 saturated heterocycles. The molecule has 0 aliphatic rings. The van der Waals surface area contributed by atoms with Gasteiger partial charge in [-0.05, 0) is 55.0 Å². The van der Waals surface area contributed by atoms with Gasteiger partial charge in [0.25, 0.3) is 0 Å². The van der Waals surface area contributed by atoms with Crippen LogP contribution >= 0.6 is 11.3 Å². The Balaban J connectivity index is 1.44. The van der Waals surface area contributed by atoms with Gasteiger partial charge in [-0.25, -0.2) is 4.98 Å². The molecular formula is C24H20N2O3S. The number of rotatable bonds is 7. The zero-order valence-electron chi connectivity index (χ0n) is 16.4. The second kappa shape index (κ2) is 8.47. The van der Waals surface area contributed by atoms with E-state index in [4.69, 9.17) is 10.5 Å². The number of thiazole rings is 1. The van der Waals surface area contributed by atoms with Crippen molar-refractivity contribution >= 4 is 33.2 Å². The summed E-state index contributed by atoms with van der Waals surface area (Å²) in [5.74, 6) is -0.321. The third-order valence-corrected chi connectivity index (χ3v) is 5.90. The van der Waals surface area contributed by atoms with Crippen molar-refractivity contribution in [3.05, 3.63) is 94.5 Å². The molecule has 30 heavy (non-hydrogen) atoms. The summed E-state index contributed by atoms with van der Waals surface area (Å²) in [5.41, 5.74) is 8.13. The minimum absolute atomic E-state index is 0.119. The van der Waals surface area contributed by atoms with Crippen LogP contribution in [0.1, 0.15) is 39.3 Å². The van der Waals surface area contributed by atoms with E-state index < -0.39 is 11.8 Å². The summed E-state index contributed by atoms with van der Waals surface area (Å²) >= 11 is 1.60. The number of aromatic nitrogens is 1. The molecular weight excluding hydrogens is 396 g/mol. The number of primary amides is 1. The number of hydrogen-bond acceptors (Lipinski definition) is 5. The fourth-order valence-corrected chi connectivity index (χ4v) is 3.99. The first-order valence-electron chi connectivity index (χ1n) is 9.52. The number of carbonyl (C=O) groups excluding carboxylic acids is 2. The van der Waals surface area contributed by atoms with Crippen LogP contribution in [-0.4, -0.2) is 16.7 Å². The van der Waals surface area contributed by atoms with E-state index in [1.165, 1.54) is 0 Å². The van der Waals surface area contributed by atoms with Crippen LogP contribution in [0.3, 0.4) is 0 Å². The zero-order chi connectivity index (χ0) is 21.1. The van der Waals surface area contributed by atoms with E-state index in [-0.39, 0.29) is 5.78 Å². The maximum atomic E-state index is 12.8. The Bertz CT molecular complexity index is 1180.